The first-order chi connectivity index (χ1) is 8.16. The van der Waals surface area contributed by atoms with E-state index in [2.05, 4.69) is 4.98 Å². The van der Waals surface area contributed by atoms with Gasteiger partial charge in [0, 0.05) is 30.9 Å². The van der Waals surface area contributed by atoms with Crippen LogP contribution in [0, 0.1) is 0 Å². The highest BCUT2D eigenvalue weighted by Gasteiger charge is 2.12. The summed E-state index contributed by atoms with van der Waals surface area (Å²) in [5, 5.41) is 0.313. The van der Waals surface area contributed by atoms with Crippen LogP contribution < -0.4 is 0 Å². The number of halogens is 1. The SMILES string of the molecule is CN(Cc1ccoc1)C(=O)c1ccnc(Cl)c1. The van der Waals surface area contributed by atoms with Crippen LogP contribution in [0.2, 0.25) is 5.15 Å². The highest BCUT2D eigenvalue weighted by Crippen LogP contribution is 2.11. The van der Waals surface area contributed by atoms with Crippen molar-refractivity contribution >= 4 is 17.5 Å². The quantitative estimate of drug-likeness (QED) is 0.787. The minimum atomic E-state index is -0.101. The predicted octanol–water partition coefficient (Wildman–Crippen LogP) is 2.60. The van der Waals surface area contributed by atoms with Crippen molar-refractivity contribution in [3.8, 4) is 0 Å². The summed E-state index contributed by atoms with van der Waals surface area (Å²) in [6, 6.07) is 5.01. The number of nitrogens with zero attached hydrogens (tertiary/aromatic N) is 2. The number of pyridine rings is 1. The molecule has 0 atom stereocenters. The maximum absolute atomic E-state index is 12.0. The number of furan rings is 1. The number of carbonyl (C=O) groups is 1. The van der Waals surface area contributed by atoms with Crippen molar-refractivity contribution in [3.63, 3.8) is 0 Å². The van der Waals surface area contributed by atoms with Gasteiger partial charge in [-0.1, -0.05) is 11.6 Å². The molecular formula is C12H11ClN2O2. The number of aromatic nitrogens is 1. The van der Waals surface area contributed by atoms with Crippen molar-refractivity contribution < 1.29 is 9.21 Å². The minimum absolute atomic E-state index is 0.101. The number of amides is 1. The molecule has 17 heavy (non-hydrogen) atoms. The van der Waals surface area contributed by atoms with E-state index in [1.807, 2.05) is 6.07 Å². The zero-order valence-corrected chi connectivity index (χ0v) is 10.0. The predicted molar refractivity (Wildman–Crippen MR) is 63.8 cm³/mol. The van der Waals surface area contributed by atoms with Gasteiger partial charge >= 0.3 is 0 Å². The Morgan fingerprint density at radius 3 is 3.00 bits per heavy atom. The minimum Gasteiger partial charge on any atom is -0.472 e. The van der Waals surface area contributed by atoms with Crippen molar-refractivity contribution in [2.75, 3.05) is 7.05 Å². The molecule has 0 aromatic carbocycles. The molecule has 2 aromatic rings. The van der Waals surface area contributed by atoms with Crippen LogP contribution in [0.25, 0.3) is 0 Å². The summed E-state index contributed by atoms with van der Waals surface area (Å²) in [6.07, 6.45) is 4.71. The molecule has 2 aromatic heterocycles. The normalized spacial score (nSPS) is 10.2. The van der Waals surface area contributed by atoms with Crippen LogP contribution >= 0.6 is 11.6 Å². The fraction of sp³-hybridized carbons (Fsp3) is 0.167. The van der Waals surface area contributed by atoms with Gasteiger partial charge < -0.3 is 9.32 Å². The van der Waals surface area contributed by atoms with Crippen molar-refractivity contribution in [2.45, 2.75) is 6.54 Å². The fourth-order valence-corrected chi connectivity index (χ4v) is 1.66. The van der Waals surface area contributed by atoms with Gasteiger partial charge in [-0.2, -0.15) is 0 Å². The summed E-state index contributed by atoms with van der Waals surface area (Å²) in [5.41, 5.74) is 1.47. The van der Waals surface area contributed by atoms with E-state index in [9.17, 15) is 4.79 Å². The van der Waals surface area contributed by atoms with E-state index < -0.39 is 0 Å². The Balaban J connectivity index is 2.09. The molecule has 0 saturated heterocycles. The van der Waals surface area contributed by atoms with Gasteiger partial charge in [-0.15, -0.1) is 0 Å². The van der Waals surface area contributed by atoms with Gasteiger partial charge in [-0.05, 0) is 18.2 Å². The Morgan fingerprint density at radius 1 is 1.53 bits per heavy atom. The van der Waals surface area contributed by atoms with Crippen LogP contribution in [0.1, 0.15) is 15.9 Å². The molecule has 2 rings (SSSR count). The van der Waals surface area contributed by atoms with Crippen molar-refractivity contribution in [1.82, 2.24) is 9.88 Å². The molecule has 1 amide bonds. The topological polar surface area (TPSA) is 46.3 Å². The van der Waals surface area contributed by atoms with Crippen LogP contribution in [0.5, 0.6) is 0 Å². The molecule has 0 aliphatic heterocycles. The molecule has 0 N–H and O–H groups in total. The third-order valence-corrected chi connectivity index (χ3v) is 2.53. The molecular weight excluding hydrogens is 240 g/mol. The van der Waals surface area contributed by atoms with Gasteiger partial charge in [0.2, 0.25) is 0 Å². The lowest BCUT2D eigenvalue weighted by atomic mass is 10.2. The number of hydrogen-bond donors (Lipinski definition) is 0. The lowest BCUT2D eigenvalue weighted by Gasteiger charge is -2.16. The second-order valence-electron chi connectivity index (χ2n) is 3.66. The van der Waals surface area contributed by atoms with E-state index in [1.165, 1.54) is 6.20 Å². The lowest BCUT2D eigenvalue weighted by Crippen LogP contribution is -2.26. The Kier molecular flexibility index (Phi) is 3.44. The van der Waals surface area contributed by atoms with Gasteiger partial charge in [-0.3, -0.25) is 4.79 Å². The van der Waals surface area contributed by atoms with Crippen LogP contribution in [0.3, 0.4) is 0 Å². The zero-order chi connectivity index (χ0) is 12.3. The van der Waals surface area contributed by atoms with Crippen LogP contribution in [0.4, 0.5) is 0 Å². The second kappa shape index (κ2) is 5.01. The summed E-state index contributed by atoms with van der Waals surface area (Å²) in [7, 11) is 1.73. The monoisotopic (exact) mass is 250 g/mol. The molecule has 5 heteroatoms. The largest absolute Gasteiger partial charge is 0.472 e. The van der Waals surface area contributed by atoms with E-state index in [-0.39, 0.29) is 5.91 Å². The molecule has 0 fully saturated rings. The first-order valence-electron chi connectivity index (χ1n) is 5.05. The maximum Gasteiger partial charge on any atom is 0.254 e. The average molecular weight is 251 g/mol. The maximum atomic E-state index is 12.0. The van der Waals surface area contributed by atoms with E-state index in [4.69, 9.17) is 16.0 Å². The van der Waals surface area contributed by atoms with Gasteiger partial charge in [0.15, 0.2) is 0 Å². The third-order valence-electron chi connectivity index (χ3n) is 2.32. The first kappa shape index (κ1) is 11.7. The molecule has 0 radical (unpaired) electrons. The summed E-state index contributed by atoms with van der Waals surface area (Å²) in [6.45, 7) is 0.495. The zero-order valence-electron chi connectivity index (χ0n) is 9.26. The molecule has 0 bridgehead atoms. The highest BCUT2D eigenvalue weighted by atomic mass is 35.5. The fourth-order valence-electron chi connectivity index (χ4n) is 1.48. The number of carbonyl (C=O) groups excluding carboxylic acids is 1. The standard InChI is InChI=1S/C12H11ClN2O2/c1-15(7-9-3-5-17-8-9)12(16)10-2-4-14-11(13)6-10/h2-6,8H,7H2,1H3. The van der Waals surface area contributed by atoms with E-state index in [0.29, 0.717) is 17.3 Å². The molecule has 4 nitrogen and oxygen atoms in total. The van der Waals surface area contributed by atoms with Gasteiger partial charge in [0.1, 0.15) is 5.15 Å². The Bertz CT molecular complexity index is 511. The third kappa shape index (κ3) is 2.85. The van der Waals surface area contributed by atoms with E-state index in [1.54, 1.807) is 36.6 Å². The van der Waals surface area contributed by atoms with Crippen molar-refractivity contribution in [3.05, 3.63) is 53.2 Å². The summed E-state index contributed by atoms with van der Waals surface area (Å²) < 4.78 is 4.95. The van der Waals surface area contributed by atoms with Gasteiger partial charge in [0.05, 0.1) is 12.5 Å². The van der Waals surface area contributed by atoms with Gasteiger partial charge in [0.25, 0.3) is 5.91 Å². The van der Waals surface area contributed by atoms with Crippen LogP contribution in [-0.2, 0) is 6.54 Å². The summed E-state index contributed by atoms with van der Waals surface area (Å²) in [5.74, 6) is -0.101. The lowest BCUT2D eigenvalue weighted by molar-refractivity contribution is 0.0785. The molecule has 88 valence electrons. The number of rotatable bonds is 3. The highest BCUT2D eigenvalue weighted by molar-refractivity contribution is 6.29. The molecule has 0 aliphatic rings. The smallest absolute Gasteiger partial charge is 0.254 e. The Hall–Kier alpha value is -1.81. The first-order valence-corrected chi connectivity index (χ1v) is 5.42. The van der Waals surface area contributed by atoms with Crippen molar-refractivity contribution in [2.24, 2.45) is 0 Å². The average Bonchev–Trinajstić information content (AvgIpc) is 2.80. The van der Waals surface area contributed by atoms with E-state index >= 15 is 0 Å². The molecule has 0 saturated carbocycles. The molecule has 0 aliphatic carbocycles. The van der Waals surface area contributed by atoms with Crippen LogP contribution in [-0.4, -0.2) is 22.8 Å². The Labute approximate surface area is 104 Å². The van der Waals surface area contributed by atoms with Crippen molar-refractivity contribution in [1.29, 1.82) is 0 Å². The Morgan fingerprint density at radius 2 is 2.35 bits per heavy atom. The summed E-state index contributed by atoms with van der Waals surface area (Å²) in [4.78, 5) is 17.5. The van der Waals surface area contributed by atoms with Crippen LogP contribution in [0.15, 0.2) is 41.3 Å². The molecule has 0 unspecified atom stereocenters. The van der Waals surface area contributed by atoms with E-state index in [0.717, 1.165) is 5.56 Å². The number of hydrogen-bond acceptors (Lipinski definition) is 3. The summed E-state index contributed by atoms with van der Waals surface area (Å²) >= 11 is 5.74. The second-order valence-corrected chi connectivity index (χ2v) is 4.05. The molecule has 2 heterocycles. The van der Waals surface area contributed by atoms with Gasteiger partial charge in [-0.25, -0.2) is 4.98 Å². The molecule has 0 spiro atoms.